The van der Waals surface area contributed by atoms with Gasteiger partial charge < -0.3 is 29.0 Å². The van der Waals surface area contributed by atoms with Crippen molar-refractivity contribution in [2.45, 2.75) is 39.5 Å². The summed E-state index contributed by atoms with van der Waals surface area (Å²) in [7, 11) is 1.42. The van der Waals surface area contributed by atoms with Gasteiger partial charge in [0.25, 0.3) is 11.7 Å². The number of rotatable bonds is 7. The van der Waals surface area contributed by atoms with Crippen molar-refractivity contribution < 1.29 is 33.7 Å². The molecule has 1 amide bonds. The predicted octanol–water partition coefficient (Wildman–Crippen LogP) is 4.71. The Hall–Kier alpha value is -4.20. The van der Waals surface area contributed by atoms with E-state index >= 15 is 0 Å². The van der Waals surface area contributed by atoms with E-state index in [2.05, 4.69) is 0 Å². The maximum absolute atomic E-state index is 13.2. The fourth-order valence-corrected chi connectivity index (χ4v) is 4.18. The first-order valence-corrected chi connectivity index (χ1v) is 11.2. The lowest BCUT2D eigenvalue weighted by molar-refractivity contribution is -0.140. The Morgan fingerprint density at radius 2 is 1.86 bits per heavy atom. The number of furan rings is 1. The van der Waals surface area contributed by atoms with Crippen molar-refractivity contribution >= 4 is 17.4 Å². The number of carbonyl (C=O) groups is 2. The van der Waals surface area contributed by atoms with E-state index in [9.17, 15) is 19.8 Å². The molecule has 8 nitrogen and oxygen atoms in total. The minimum absolute atomic E-state index is 0.00596. The zero-order valence-corrected chi connectivity index (χ0v) is 19.9. The molecule has 182 valence electrons. The Labute approximate surface area is 203 Å². The van der Waals surface area contributed by atoms with Crippen LogP contribution in [0.25, 0.3) is 5.76 Å². The third-order valence-corrected chi connectivity index (χ3v) is 5.78. The van der Waals surface area contributed by atoms with Gasteiger partial charge in [-0.15, -0.1) is 0 Å². The van der Waals surface area contributed by atoms with Crippen molar-refractivity contribution in [1.82, 2.24) is 4.90 Å². The number of amides is 1. The van der Waals surface area contributed by atoms with Crippen LogP contribution in [0.15, 0.2) is 64.8 Å². The van der Waals surface area contributed by atoms with E-state index in [1.54, 1.807) is 42.5 Å². The molecule has 1 aromatic heterocycles. The Kier molecular flexibility index (Phi) is 6.55. The molecule has 1 atom stereocenters. The van der Waals surface area contributed by atoms with Gasteiger partial charge in [-0.3, -0.25) is 9.59 Å². The average molecular weight is 478 g/mol. The lowest BCUT2D eigenvalue weighted by Crippen LogP contribution is -2.29. The average Bonchev–Trinajstić information content (AvgIpc) is 3.42. The zero-order chi connectivity index (χ0) is 25.3. The summed E-state index contributed by atoms with van der Waals surface area (Å²) in [6, 6.07) is 12.1. The molecule has 1 aliphatic heterocycles. The molecule has 0 bridgehead atoms. The molecule has 2 N–H and O–H groups in total. The molecule has 0 saturated carbocycles. The van der Waals surface area contributed by atoms with Crippen LogP contribution in [0.3, 0.4) is 0 Å². The van der Waals surface area contributed by atoms with Gasteiger partial charge in [0.05, 0.1) is 37.6 Å². The highest BCUT2D eigenvalue weighted by atomic mass is 16.5. The first-order chi connectivity index (χ1) is 16.7. The Morgan fingerprint density at radius 3 is 2.46 bits per heavy atom. The van der Waals surface area contributed by atoms with Crippen molar-refractivity contribution in [2.24, 2.45) is 0 Å². The van der Waals surface area contributed by atoms with Gasteiger partial charge in [-0.25, -0.2) is 0 Å². The molecular weight excluding hydrogens is 450 g/mol. The second-order valence-corrected chi connectivity index (χ2v) is 8.58. The van der Waals surface area contributed by atoms with Crippen molar-refractivity contribution in [3.63, 3.8) is 0 Å². The number of benzene rings is 2. The number of ether oxygens (including phenoxy) is 2. The standard InChI is InChI=1S/C27H27NO7/c1-15(2)35-21-9-8-18(12-16(21)3)25(30)23-24(17-7-10-22(33-4)20(29)13-17)28(27(32)26(23)31)14-19-6-5-11-34-19/h5-13,15,24,29-30H,14H2,1-4H3/b25-23-. The number of hydrogen-bond donors (Lipinski definition) is 2. The molecule has 0 aliphatic carbocycles. The molecule has 35 heavy (non-hydrogen) atoms. The van der Waals surface area contributed by atoms with E-state index in [-0.39, 0.29) is 35.5 Å². The summed E-state index contributed by atoms with van der Waals surface area (Å²) in [5.74, 6) is -0.695. The number of Topliss-reactive ketones (excluding diaryl/α,β-unsaturated/α-hetero) is 1. The van der Waals surface area contributed by atoms with Crippen LogP contribution < -0.4 is 9.47 Å². The second kappa shape index (κ2) is 9.58. The number of carbonyl (C=O) groups excluding carboxylic acids is 2. The highest BCUT2D eigenvalue weighted by Crippen LogP contribution is 2.42. The van der Waals surface area contributed by atoms with Gasteiger partial charge in [-0.2, -0.15) is 0 Å². The monoisotopic (exact) mass is 477 g/mol. The maximum atomic E-state index is 13.2. The number of nitrogens with zero attached hydrogens (tertiary/aromatic N) is 1. The summed E-state index contributed by atoms with van der Waals surface area (Å²) >= 11 is 0. The number of aromatic hydroxyl groups is 1. The third-order valence-electron chi connectivity index (χ3n) is 5.78. The van der Waals surface area contributed by atoms with Crippen LogP contribution in [0, 0.1) is 6.92 Å². The largest absolute Gasteiger partial charge is 0.507 e. The van der Waals surface area contributed by atoms with Crippen LogP contribution in [-0.4, -0.2) is 40.0 Å². The molecule has 8 heteroatoms. The van der Waals surface area contributed by atoms with E-state index < -0.39 is 17.7 Å². The molecule has 4 rings (SSSR count). The van der Waals surface area contributed by atoms with Crippen LogP contribution in [0.5, 0.6) is 17.2 Å². The predicted molar refractivity (Wildman–Crippen MR) is 128 cm³/mol. The summed E-state index contributed by atoms with van der Waals surface area (Å²) in [6.45, 7) is 5.67. The third kappa shape index (κ3) is 4.59. The minimum Gasteiger partial charge on any atom is -0.507 e. The summed E-state index contributed by atoms with van der Waals surface area (Å²) < 4.78 is 16.3. The molecule has 2 heterocycles. The molecule has 3 aromatic rings. The summed E-state index contributed by atoms with van der Waals surface area (Å²) in [6.07, 6.45) is 1.45. The van der Waals surface area contributed by atoms with Gasteiger partial charge in [-0.1, -0.05) is 6.07 Å². The van der Waals surface area contributed by atoms with E-state index in [4.69, 9.17) is 13.9 Å². The molecule has 1 saturated heterocycles. The first-order valence-electron chi connectivity index (χ1n) is 11.2. The Balaban J connectivity index is 1.85. The van der Waals surface area contributed by atoms with Gasteiger partial charge in [0.1, 0.15) is 17.3 Å². The van der Waals surface area contributed by atoms with Gasteiger partial charge >= 0.3 is 0 Å². The first kappa shape index (κ1) is 23.9. The van der Waals surface area contributed by atoms with Crippen LogP contribution in [0.1, 0.15) is 42.3 Å². The highest BCUT2D eigenvalue weighted by molar-refractivity contribution is 6.46. The summed E-state index contributed by atoms with van der Waals surface area (Å²) in [5.41, 5.74) is 1.50. The summed E-state index contributed by atoms with van der Waals surface area (Å²) in [4.78, 5) is 27.6. The number of phenolic OH excluding ortho intramolecular Hbond substituents is 1. The maximum Gasteiger partial charge on any atom is 0.296 e. The highest BCUT2D eigenvalue weighted by Gasteiger charge is 2.46. The number of phenols is 1. The van der Waals surface area contributed by atoms with Gasteiger partial charge in [0, 0.05) is 5.56 Å². The minimum atomic E-state index is -0.955. The van der Waals surface area contributed by atoms with Crippen molar-refractivity contribution in [3.8, 4) is 17.2 Å². The lowest BCUT2D eigenvalue weighted by Gasteiger charge is -2.25. The number of ketones is 1. The molecule has 1 unspecified atom stereocenters. The number of aliphatic hydroxyl groups is 1. The number of likely N-dealkylation sites (tertiary alicyclic amines) is 1. The molecule has 0 radical (unpaired) electrons. The van der Waals surface area contributed by atoms with E-state index in [1.807, 2.05) is 20.8 Å². The second-order valence-electron chi connectivity index (χ2n) is 8.58. The Bertz CT molecular complexity index is 1290. The van der Waals surface area contributed by atoms with Crippen molar-refractivity contribution in [1.29, 1.82) is 0 Å². The number of aryl methyl sites for hydroxylation is 1. The van der Waals surface area contributed by atoms with Crippen LogP contribution >= 0.6 is 0 Å². The van der Waals surface area contributed by atoms with Gasteiger partial charge in [0.15, 0.2) is 11.5 Å². The van der Waals surface area contributed by atoms with Crippen molar-refractivity contribution in [3.05, 3.63) is 82.8 Å². The van der Waals surface area contributed by atoms with E-state index in [1.165, 1.54) is 24.3 Å². The topological polar surface area (TPSA) is 109 Å². The molecular formula is C27H27NO7. The fraction of sp³-hybridized carbons (Fsp3) is 0.259. The molecule has 0 spiro atoms. The smallest absolute Gasteiger partial charge is 0.296 e. The summed E-state index contributed by atoms with van der Waals surface area (Å²) in [5, 5.41) is 21.7. The quantitative estimate of drug-likeness (QED) is 0.288. The number of hydrogen-bond acceptors (Lipinski definition) is 7. The van der Waals surface area contributed by atoms with E-state index in [0.717, 1.165) is 5.56 Å². The normalized spacial score (nSPS) is 17.3. The lowest BCUT2D eigenvalue weighted by atomic mass is 9.94. The molecule has 1 aliphatic rings. The van der Waals surface area contributed by atoms with Gasteiger partial charge in [0.2, 0.25) is 0 Å². The number of aliphatic hydroxyl groups excluding tert-OH is 1. The van der Waals surface area contributed by atoms with E-state index in [0.29, 0.717) is 22.6 Å². The molecule has 1 fully saturated rings. The van der Waals surface area contributed by atoms with Crippen LogP contribution in [0.2, 0.25) is 0 Å². The number of methoxy groups -OCH3 is 1. The van der Waals surface area contributed by atoms with Crippen molar-refractivity contribution in [2.75, 3.05) is 7.11 Å². The van der Waals surface area contributed by atoms with Crippen LogP contribution in [-0.2, 0) is 16.1 Å². The Morgan fingerprint density at radius 1 is 1.11 bits per heavy atom. The fourth-order valence-electron chi connectivity index (χ4n) is 4.18. The SMILES string of the molecule is COc1ccc(C2/C(=C(/O)c3ccc(OC(C)C)c(C)c3)C(=O)C(=O)N2Cc2ccco2)cc1O. The molecule has 2 aromatic carbocycles. The zero-order valence-electron chi connectivity index (χ0n) is 19.9. The van der Waals surface area contributed by atoms with Gasteiger partial charge in [-0.05, 0) is 74.4 Å². The van der Waals surface area contributed by atoms with Crippen LogP contribution in [0.4, 0.5) is 0 Å².